The molecule has 0 saturated carbocycles. The Morgan fingerprint density at radius 1 is 0.390 bits per heavy atom. The van der Waals surface area contributed by atoms with Crippen molar-refractivity contribution in [2.24, 2.45) is 0 Å². The summed E-state index contributed by atoms with van der Waals surface area (Å²) in [5.41, 5.74) is 7.11. The molecule has 1 fully saturated rings. The fraction of sp³-hybridized carbons (Fsp3) is 0.276. The first kappa shape index (κ1) is 53.7. The van der Waals surface area contributed by atoms with Crippen LogP contribution in [0, 0.1) is 0 Å². The number of piperazine rings is 1. The van der Waals surface area contributed by atoms with Gasteiger partial charge in [0.05, 0.1) is 28.4 Å². The highest BCUT2D eigenvalue weighted by Crippen LogP contribution is 2.28. The average Bonchev–Trinajstić information content (AvgIpc) is 4.35. The Bertz CT molecular complexity index is 3440. The SMILES string of the molecule is COC(=O)[C@H](Cc1c[nH]c2ccccc12)Nc1nc(N[C@@H](Cc2c[nH]c3ccccc23)C(=O)OC)nc(N2CCN(c3nc(N[C@@H](Cc4c[nH]c5ccccc45)C(=O)OC)nc(N[C@@H](Cc4c[nH]c5ccccc45)C(=O)OC)n3)CC2)n1. The van der Waals surface area contributed by atoms with E-state index in [9.17, 15) is 19.2 Å². The van der Waals surface area contributed by atoms with Gasteiger partial charge in [0.2, 0.25) is 35.7 Å². The fourth-order valence-electron chi connectivity index (χ4n) is 10.4. The number of fused-ring (bicyclic) bond motifs is 4. The van der Waals surface area contributed by atoms with E-state index >= 15 is 0 Å². The minimum atomic E-state index is -0.941. The zero-order valence-electron chi connectivity index (χ0n) is 45.4. The van der Waals surface area contributed by atoms with Gasteiger partial charge >= 0.3 is 23.9 Å². The summed E-state index contributed by atoms with van der Waals surface area (Å²) in [5, 5.41) is 16.7. The molecule has 24 nitrogen and oxygen atoms in total. The van der Waals surface area contributed by atoms with E-state index < -0.39 is 48.0 Å². The van der Waals surface area contributed by atoms with Crippen molar-refractivity contribution in [1.29, 1.82) is 0 Å². The van der Waals surface area contributed by atoms with Gasteiger partial charge in [0, 0.05) is 120 Å². The average molecular weight is 1110 g/mol. The second-order valence-electron chi connectivity index (χ2n) is 19.7. The highest BCUT2D eigenvalue weighted by atomic mass is 16.5. The molecule has 1 aliphatic heterocycles. The summed E-state index contributed by atoms with van der Waals surface area (Å²) < 4.78 is 21.2. The fourth-order valence-corrected chi connectivity index (χ4v) is 10.4. The predicted molar refractivity (Wildman–Crippen MR) is 310 cm³/mol. The summed E-state index contributed by atoms with van der Waals surface area (Å²) in [7, 11) is 5.27. The lowest BCUT2D eigenvalue weighted by molar-refractivity contribution is -0.142. The number of esters is 4. The third-order valence-electron chi connectivity index (χ3n) is 14.6. The number of hydrogen-bond acceptors (Lipinski definition) is 20. The monoisotopic (exact) mass is 1110 g/mol. The highest BCUT2D eigenvalue weighted by Gasteiger charge is 2.31. The number of nitrogens with one attached hydrogen (secondary N) is 8. The summed E-state index contributed by atoms with van der Waals surface area (Å²) in [5.74, 6) is -1.53. The number of rotatable bonds is 22. The molecule has 1 aliphatic rings. The van der Waals surface area contributed by atoms with Crippen molar-refractivity contribution >= 4 is 103 Å². The molecule has 8 N–H and O–H groups in total. The van der Waals surface area contributed by atoms with Gasteiger partial charge in [0.15, 0.2) is 0 Å². The van der Waals surface area contributed by atoms with Gasteiger partial charge in [-0.1, -0.05) is 72.8 Å². The summed E-state index contributed by atoms with van der Waals surface area (Å²) in [4.78, 5) is 100. The maximum atomic E-state index is 13.6. The van der Waals surface area contributed by atoms with Gasteiger partial charge in [0.1, 0.15) is 24.2 Å². The largest absolute Gasteiger partial charge is 0.467 e. The second kappa shape index (κ2) is 24.0. The lowest BCUT2D eigenvalue weighted by atomic mass is 10.1. The highest BCUT2D eigenvalue weighted by molar-refractivity contribution is 5.89. The summed E-state index contributed by atoms with van der Waals surface area (Å²) >= 11 is 0. The zero-order chi connectivity index (χ0) is 56.7. The number of anilines is 6. The minimum absolute atomic E-state index is 0.0466. The number of methoxy groups -OCH3 is 4. The molecular weight excluding hydrogens is 1050 g/mol. The van der Waals surface area contributed by atoms with Crippen LogP contribution in [0.2, 0.25) is 0 Å². The number of nitrogens with zero attached hydrogens (tertiary/aromatic N) is 8. The van der Waals surface area contributed by atoms with E-state index in [1.165, 1.54) is 28.4 Å². The molecule has 0 aliphatic carbocycles. The van der Waals surface area contributed by atoms with Crippen molar-refractivity contribution < 1.29 is 38.1 Å². The standard InChI is InChI=1S/C58H60N16O8/c1-79-49(75)45(25-33-29-59-41-17-9-5-13-37(33)41)63-53-67-54(64-46(50(76)80-2)26-34-30-60-42-18-10-6-14-38(34)42)70-57(69-53)73-21-23-74(24-22-73)58-71-55(65-47(51(77)81-3)27-35-31-61-43-19-11-7-15-39(35)43)68-56(72-58)66-48(52(78)82-4)28-36-32-62-44-20-12-8-16-40(36)44/h5-20,29-32,45-48,59-62H,21-28H2,1-4H3,(H2,63,64,67,69,70)(H2,65,66,68,71,72)/t45-,46-,47-,48-/m0/s1. The quantitative estimate of drug-likeness (QED) is 0.0281. The molecule has 4 aromatic carbocycles. The molecular formula is C58H60N16O8. The Labute approximate surface area is 469 Å². The van der Waals surface area contributed by atoms with E-state index in [0.717, 1.165) is 65.9 Å². The van der Waals surface area contributed by atoms with Crippen molar-refractivity contribution in [1.82, 2.24) is 49.8 Å². The van der Waals surface area contributed by atoms with Crippen molar-refractivity contribution in [3.63, 3.8) is 0 Å². The van der Waals surface area contributed by atoms with Gasteiger partial charge in [-0.05, 0) is 46.5 Å². The van der Waals surface area contributed by atoms with E-state index in [2.05, 4.69) is 41.2 Å². The smallest absolute Gasteiger partial charge is 0.328 e. The molecule has 0 spiro atoms. The van der Waals surface area contributed by atoms with E-state index in [4.69, 9.17) is 48.9 Å². The molecule has 1 saturated heterocycles. The van der Waals surface area contributed by atoms with Crippen LogP contribution in [0.15, 0.2) is 122 Å². The Morgan fingerprint density at radius 3 is 0.854 bits per heavy atom. The molecule has 0 radical (unpaired) electrons. The number of para-hydroxylation sites is 4. The molecule has 4 atom stereocenters. The van der Waals surface area contributed by atoms with Gasteiger partial charge in [0.25, 0.3) is 0 Å². The summed E-state index contributed by atoms with van der Waals surface area (Å²) in [6, 6.07) is 27.4. The molecule has 0 bridgehead atoms. The van der Waals surface area contributed by atoms with Crippen LogP contribution in [0.1, 0.15) is 22.3 Å². The number of ether oxygens (including phenoxy) is 4. The van der Waals surface area contributed by atoms with E-state index in [-0.39, 0.29) is 61.4 Å². The number of benzene rings is 4. The van der Waals surface area contributed by atoms with Gasteiger partial charge in [-0.25, -0.2) is 19.2 Å². The summed E-state index contributed by atoms with van der Waals surface area (Å²) in [6.45, 7) is 1.29. The maximum Gasteiger partial charge on any atom is 0.328 e. The molecule has 11 rings (SSSR count). The van der Waals surface area contributed by atoms with Gasteiger partial charge in [-0.2, -0.15) is 29.9 Å². The lowest BCUT2D eigenvalue weighted by Gasteiger charge is -2.35. The lowest BCUT2D eigenvalue weighted by Crippen LogP contribution is -2.48. The normalized spacial score (nSPS) is 14.0. The van der Waals surface area contributed by atoms with E-state index in [1.54, 1.807) is 0 Å². The zero-order valence-corrected chi connectivity index (χ0v) is 45.4. The van der Waals surface area contributed by atoms with Crippen molar-refractivity contribution in [3.05, 3.63) is 144 Å². The molecule has 24 heteroatoms. The molecule has 0 unspecified atom stereocenters. The number of hydrogen-bond donors (Lipinski definition) is 8. The molecule has 420 valence electrons. The second-order valence-corrected chi connectivity index (χ2v) is 19.7. The first-order valence-electron chi connectivity index (χ1n) is 26.6. The number of H-pyrrole nitrogens is 4. The van der Waals surface area contributed by atoms with Crippen LogP contribution in [-0.2, 0) is 63.8 Å². The Hall–Kier alpha value is -10.3. The van der Waals surface area contributed by atoms with Crippen molar-refractivity contribution in [3.8, 4) is 0 Å². The number of carbonyl (C=O) groups excluding carboxylic acids is 4. The first-order valence-corrected chi connectivity index (χ1v) is 26.6. The molecule has 6 aromatic heterocycles. The first-order chi connectivity index (χ1) is 40.0. The van der Waals surface area contributed by atoms with Gasteiger partial charge < -0.3 is 70.0 Å². The molecule has 0 amide bonds. The van der Waals surface area contributed by atoms with Crippen LogP contribution in [0.3, 0.4) is 0 Å². The van der Waals surface area contributed by atoms with E-state index in [1.807, 2.05) is 132 Å². The van der Waals surface area contributed by atoms with Crippen LogP contribution >= 0.6 is 0 Å². The van der Waals surface area contributed by atoms with Crippen LogP contribution in [0.5, 0.6) is 0 Å². The van der Waals surface area contributed by atoms with Crippen LogP contribution < -0.4 is 31.1 Å². The molecule has 7 heterocycles. The molecule has 10 aromatic rings. The van der Waals surface area contributed by atoms with Crippen LogP contribution in [0.4, 0.5) is 35.7 Å². The predicted octanol–water partition coefficient (Wildman–Crippen LogP) is 6.09. The third-order valence-corrected chi connectivity index (χ3v) is 14.6. The Balaban J connectivity index is 0.903. The third kappa shape index (κ3) is 11.7. The van der Waals surface area contributed by atoms with Crippen molar-refractivity contribution in [2.45, 2.75) is 49.9 Å². The Kier molecular flexibility index (Phi) is 15.7. The topological polar surface area (TPSA) is 300 Å². The van der Waals surface area contributed by atoms with Gasteiger partial charge in [-0.15, -0.1) is 0 Å². The van der Waals surface area contributed by atoms with Gasteiger partial charge in [-0.3, -0.25) is 0 Å². The van der Waals surface area contributed by atoms with Crippen LogP contribution in [0.25, 0.3) is 43.6 Å². The Morgan fingerprint density at radius 2 is 0.622 bits per heavy atom. The number of aromatic nitrogens is 10. The van der Waals surface area contributed by atoms with E-state index in [0.29, 0.717) is 26.2 Å². The number of carbonyl (C=O) groups is 4. The maximum absolute atomic E-state index is 13.6. The minimum Gasteiger partial charge on any atom is -0.467 e. The number of aromatic amines is 4. The summed E-state index contributed by atoms with van der Waals surface area (Å²) in [6.07, 6.45) is 8.30. The van der Waals surface area contributed by atoms with Crippen LogP contribution in [-0.4, -0.2) is 153 Å². The van der Waals surface area contributed by atoms with Crippen molar-refractivity contribution in [2.75, 3.05) is 85.7 Å². The molecule has 82 heavy (non-hydrogen) atoms.